The van der Waals surface area contributed by atoms with Crippen molar-refractivity contribution in [3.05, 3.63) is 28.0 Å². The van der Waals surface area contributed by atoms with Crippen LogP contribution in [0.3, 0.4) is 0 Å². The summed E-state index contributed by atoms with van der Waals surface area (Å²) in [6.07, 6.45) is 0. The molecule has 0 heterocycles. The molecular formula is C12H17BrFN. The van der Waals surface area contributed by atoms with Crippen molar-refractivity contribution < 1.29 is 4.39 Å². The maximum Gasteiger partial charge on any atom is 0.139 e. The van der Waals surface area contributed by atoms with Crippen LogP contribution in [-0.4, -0.2) is 6.04 Å². The van der Waals surface area contributed by atoms with E-state index in [0.29, 0.717) is 16.4 Å². The fraction of sp³-hybridized carbons (Fsp3) is 0.500. The van der Waals surface area contributed by atoms with Gasteiger partial charge in [-0.3, -0.25) is 0 Å². The van der Waals surface area contributed by atoms with E-state index in [1.54, 1.807) is 6.07 Å². The first-order valence-corrected chi connectivity index (χ1v) is 5.93. The smallest absolute Gasteiger partial charge is 0.139 e. The molecule has 0 aliphatic heterocycles. The van der Waals surface area contributed by atoms with Gasteiger partial charge in [-0.2, -0.15) is 0 Å². The van der Waals surface area contributed by atoms with Crippen molar-refractivity contribution >= 4 is 21.6 Å². The van der Waals surface area contributed by atoms with Gasteiger partial charge in [0.2, 0.25) is 0 Å². The van der Waals surface area contributed by atoms with Gasteiger partial charge in [-0.1, -0.05) is 13.8 Å². The maximum atomic E-state index is 13.3. The van der Waals surface area contributed by atoms with E-state index in [0.717, 1.165) is 11.3 Å². The molecule has 3 heteroatoms. The second kappa shape index (κ2) is 4.97. The molecule has 1 atom stereocenters. The molecule has 1 aromatic rings. The minimum Gasteiger partial charge on any atom is -0.382 e. The number of halogens is 2. The largest absolute Gasteiger partial charge is 0.382 e. The Hall–Kier alpha value is -0.570. The number of anilines is 1. The molecule has 1 rings (SSSR count). The summed E-state index contributed by atoms with van der Waals surface area (Å²) in [5, 5.41) is 3.32. The number of benzene rings is 1. The van der Waals surface area contributed by atoms with Crippen LogP contribution in [0.1, 0.15) is 26.3 Å². The number of hydrogen-bond donors (Lipinski definition) is 1. The van der Waals surface area contributed by atoms with E-state index in [9.17, 15) is 4.39 Å². The lowest BCUT2D eigenvalue weighted by molar-refractivity contribution is 0.558. The summed E-state index contributed by atoms with van der Waals surface area (Å²) in [5.41, 5.74) is 1.92. The van der Waals surface area contributed by atoms with E-state index in [1.165, 1.54) is 6.07 Å². The van der Waals surface area contributed by atoms with Gasteiger partial charge in [0.1, 0.15) is 5.82 Å². The van der Waals surface area contributed by atoms with Crippen molar-refractivity contribution in [2.75, 3.05) is 5.32 Å². The minimum absolute atomic E-state index is 0.223. The molecule has 1 nitrogen and oxygen atoms in total. The topological polar surface area (TPSA) is 12.0 Å². The fourth-order valence-electron chi connectivity index (χ4n) is 1.21. The quantitative estimate of drug-likeness (QED) is 0.863. The third kappa shape index (κ3) is 3.20. The van der Waals surface area contributed by atoms with Crippen molar-refractivity contribution in [2.24, 2.45) is 5.92 Å². The van der Waals surface area contributed by atoms with Crippen LogP contribution in [-0.2, 0) is 0 Å². The Labute approximate surface area is 99.2 Å². The van der Waals surface area contributed by atoms with Crippen LogP contribution in [0.2, 0.25) is 0 Å². The molecule has 1 aromatic carbocycles. The number of nitrogens with one attached hydrogen (secondary N) is 1. The molecule has 0 saturated heterocycles. The van der Waals surface area contributed by atoms with Gasteiger partial charge in [0.15, 0.2) is 0 Å². The van der Waals surface area contributed by atoms with Crippen LogP contribution in [0.15, 0.2) is 16.6 Å². The van der Waals surface area contributed by atoms with Gasteiger partial charge >= 0.3 is 0 Å². The van der Waals surface area contributed by atoms with Gasteiger partial charge in [-0.25, -0.2) is 4.39 Å². The molecule has 84 valence electrons. The van der Waals surface area contributed by atoms with E-state index < -0.39 is 0 Å². The highest BCUT2D eigenvalue weighted by Crippen LogP contribution is 2.25. The maximum absolute atomic E-state index is 13.3. The number of hydrogen-bond acceptors (Lipinski definition) is 1. The molecule has 0 bridgehead atoms. The average molecular weight is 274 g/mol. The van der Waals surface area contributed by atoms with Gasteiger partial charge in [-0.15, -0.1) is 0 Å². The highest BCUT2D eigenvalue weighted by molar-refractivity contribution is 9.10. The standard InChI is InChI=1S/C12H17BrFN/c1-7(2)9(4)15-12-6-11(14)10(13)5-8(12)3/h5-7,9,15H,1-4H3. The van der Waals surface area contributed by atoms with Gasteiger partial charge < -0.3 is 5.32 Å². The molecule has 0 aliphatic rings. The molecule has 0 aromatic heterocycles. The normalized spacial score (nSPS) is 13.0. The van der Waals surface area contributed by atoms with Gasteiger partial charge in [0, 0.05) is 11.7 Å². The van der Waals surface area contributed by atoms with Crippen LogP contribution in [0, 0.1) is 18.7 Å². The highest BCUT2D eigenvalue weighted by Gasteiger charge is 2.10. The van der Waals surface area contributed by atoms with E-state index in [2.05, 4.69) is 42.0 Å². The molecule has 0 fully saturated rings. The molecule has 0 saturated carbocycles. The first-order chi connectivity index (χ1) is 6.91. The lowest BCUT2D eigenvalue weighted by atomic mass is 10.1. The zero-order valence-electron chi connectivity index (χ0n) is 9.57. The Morgan fingerprint density at radius 3 is 2.40 bits per heavy atom. The Bertz CT molecular complexity index is 350. The number of rotatable bonds is 3. The Morgan fingerprint density at radius 2 is 1.87 bits per heavy atom. The molecule has 1 unspecified atom stereocenters. The lowest BCUT2D eigenvalue weighted by Gasteiger charge is -2.20. The summed E-state index contributed by atoms with van der Waals surface area (Å²) in [4.78, 5) is 0. The summed E-state index contributed by atoms with van der Waals surface area (Å²) in [6, 6.07) is 3.67. The monoisotopic (exact) mass is 273 g/mol. The summed E-state index contributed by atoms with van der Waals surface area (Å²) >= 11 is 3.17. The van der Waals surface area contributed by atoms with Crippen LogP contribution in [0.5, 0.6) is 0 Å². The van der Waals surface area contributed by atoms with Crippen LogP contribution in [0.4, 0.5) is 10.1 Å². The van der Waals surface area contributed by atoms with Gasteiger partial charge in [0.05, 0.1) is 4.47 Å². The second-order valence-corrected chi connectivity index (χ2v) is 5.11. The molecule has 0 spiro atoms. The number of aryl methyl sites for hydroxylation is 1. The first kappa shape index (κ1) is 12.5. The molecule has 0 aliphatic carbocycles. The van der Waals surface area contributed by atoms with E-state index in [-0.39, 0.29) is 5.82 Å². The molecule has 0 amide bonds. The zero-order chi connectivity index (χ0) is 11.6. The third-order valence-electron chi connectivity index (χ3n) is 2.65. The summed E-state index contributed by atoms with van der Waals surface area (Å²) in [7, 11) is 0. The van der Waals surface area contributed by atoms with Crippen molar-refractivity contribution in [3.8, 4) is 0 Å². The van der Waals surface area contributed by atoms with E-state index >= 15 is 0 Å². The SMILES string of the molecule is Cc1cc(Br)c(F)cc1NC(C)C(C)C. The molecular weight excluding hydrogens is 257 g/mol. The minimum atomic E-state index is -0.223. The molecule has 0 radical (unpaired) electrons. The second-order valence-electron chi connectivity index (χ2n) is 4.26. The van der Waals surface area contributed by atoms with Crippen LogP contribution >= 0.6 is 15.9 Å². The average Bonchev–Trinajstić information content (AvgIpc) is 2.13. The molecule has 1 N–H and O–H groups in total. The van der Waals surface area contributed by atoms with Crippen molar-refractivity contribution in [1.29, 1.82) is 0 Å². The molecule has 15 heavy (non-hydrogen) atoms. The summed E-state index contributed by atoms with van der Waals surface area (Å²) < 4.78 is 13.8. The Balaban J connectivity index is 2.91. The summed E-state index contributed by atoms with van der Waals surface area (Å²) in [5.74, 6) is 0.301. The van der Waals surface area contributed by atoms with Crippen LogP contribution in [0.25, 0.3) is 0 Å². The van der Waals surface area contributed by atoms with Gasteiger partial charge in [-0.05, 0) is 53.4 Å². The Kier molecular flexibility index (Phi) is 4.14. The predicted molar refractivity (Wildman–Crippen MR) is 66.8 cm³/mol. The zero-order valence-corrected chi connectivity index (χ0v) is 11.2. The lowest BCUT2D eigenvalue weighted by Crippen LogP contribution is -2.22. The third-order valence-corrected chi connectivity index (χ3v) is 3.26. The van der Waals surface area contributed by atoms with Crippen molar-refractivity contribution in [2.45, 2.75) is 33.7 Å². The van der Waals surface area contributed by atoms with Gasteiger partial charge in [0.25, 0.3) is 0 Å². The van der Waals surface area contributed by atoms with Crippen molar-refractivity contribution in [3.63, 3.8) is 0 Å². The summed E-state index contributed by atoms with van der Waals surface area (Å²) in [6.45, 7) is 8.36. The van der Waals surface area contributed by atoms with Crippen molar-refractivity contribution in [1.82, 2.24) is 0 Å². The predicted octanol–water partition coefficient (Wildman–Crippen LogP) is 4.35. The van der Waals surface area contributed by atoms with Crippen LogP contribution < -0.4 is 5.32 Å². The fourth-order valence-corrected chi connectivity index (χ4v) is 1.67. The first-order valence-electron chi connectivity index (χ1n) is 5.14. The van der Waals surface area contributed by atoms with E-state index in [4.69, 9.17) is 0 Å². The highest BCUT2D eigenvalue weighted by atomic mass is 79.9. The van der Waals surface area contributed by atoms with E-state index in [1.807, 2.05) is 6.92 Å². The Morgan fingerprint density at radius 1 is 1.27 bits per heavy atom.